The number of pyridine rings is 1. The Morgan fingerprint density at radius 3 is 2.88 bits per heavy atom. The maximum absolute atomic E-state index is 13.2. The smallest absolute Gasteiger partial charge is 0.235 e. The average molecular weight is 353 g/mol. The number of likely N-dealkylation sites (tertiary alicyclic amines) is 1. The normalized spacial score (nSPS) is 23.0. The van der Waals surface area contributed by atoms with Crippen molar-refractivity contribution in [1.29, 1.82) is 0 Å². The molecule has 0 radical (unpaired) electrons. The van der Waals surface area contributed by atoms with Crippen LogP contribution in [0.2, 0.25) is 0 Å². The van der Waals surface area contributed by atoms with E-state index >= 15 is 0 Å². The molecular formula is C19H23N5O2. The summed E-state index contributed by atoms with van der Waals surface area (Å²) >= 11 is 0. The molecule has 0 bridgehead atoms. The first-order chi connectivity index (χ1) is 12.6. The molecule has 136 valence electrons. The molecule has 0 saturated carbocycles. The van der Waals surface area contributed by atoms with Gasteiger partial charge in [0.1, 0.15) is 0 Å². The lowest BCUT2D eigenvalue weighted by Crippen LogP contribution is -2.50. The van der Waals surface area contributed by atoms with E-state index in [9.17, 15) is 9.59 Å². The number of hydrogen-bond donors (Lipinski definition) is 0. The van der Waals surface area contributed by atoms with Gasteiger partial charge < -0.3 is 9.80 Å². The van der Waals surface area contributed by atoms with E-state index in [4.69, 9.17) is 0 Å². The molecule has 1 atom stereocenters. The van der Waals surface area contributed by atoms with Crippen LogP contribution in [0, 0.1) is 5.41 Å². The third-order valence-corrected chi connectivity index (χ3v) is 5.50. The predicted molar refractivity (Wildman–Crippen MR) is 96.4 cm³/mol. The van der Waals surface area contributed by atoms with Crippen LogP contribution in [0.15, 0.2) is 36.8 Å². The highest BCUT2D eigenvalue weighted by atomic mass is 16.2. The van der Waals surface area contributed by atoms with Gasteiger partial charge in [0.05, 0.1) is 29.4 Å². The number of amides is 2. The summed E-state index contributed by atoms with van der Waals surface area (Å²) in [6, 6.07) is 5.62. The molecular weight excluding hydrogens is 330 g/mol. The maximum Gasteiger partial charge on any atom is 0.235 e. The molecule has 0 aromatic carbocycles. The molecule has 7 nitrogen and oxygen atoms in total. The zero-order valence-corrected chi connectivity index (χ0v) is 15.0. The monoisotopic (exact) mass is 353 g/mol. The van der Waals surface area contributed by atoms with Crippen LogP contribution in [0.4, 0.5) is 5.69 Å². The standard InChI is InChI=1S/C19H23N5O2/c1-22-10-5-15(21-22)12-17(25)23-9-3-6-19(14-23)7-11-24(18(19)26)16-4-2-8-20-13-16/h2,4-5,8,10,13H,3,6-7,9,11-12,14H2,1H3. The van der Waals surface area contributed by atoms with Crippen molar-refractivity contribution in [2.45, 2.75) is 25.7 Å². The van der Waals surface area contributed by atoms with Gasteiger partial charge in [-0.2, -0.15) is 5.10 Å². The second kappa shape index (κ2) is 6.55. The summed E-state index contributed by atoms with van der Waals surface area (Å²) in [7, 11) is 1.84. The summed E-state index contributed by atoms with van der Waals surface area (Å²) < 4.78 is 1.70. The van der Waals surface area contributed by atoms with E-state index in [-0.39, 0.29) is 18.2 Å². The van der Waals surface area contributed by atoms with Crippen LogP contribution >= 0.6 is 0 Å². The van der Waals surface area contributed by atoms with Crippen molar-refractivity contribution in [3.05, 3.63) is 42.5 Å². The molecule has 2 aliphatic heterocycles. The lowest BCUT2D eigenvalue weighted by Gasteiger charge is -2.39. The van der Waals surface area contributed by atoms with Crippen LogP contribution in [0.25, 0.3) is 0 Å². The van der Waals surface area contributed by atoms with Gasteiger partial charge in [-0.3, -0.25) is 19.3 Å². The summed E-state index contributed by atoms with van der Waals surface area (Å²) in [5.74, 6) is 0.177. The Hall–Kier alpha value is -2.70. The van der Waals surface area contributed by atoms with Gasteiger partial charge >= 0.3 is 0 Å². The van der Waals surface area contributed by atoms with Gasteiger partial charge in [-0.15, -0.1) is 0 Å². The molecule has 1 unspecified atom stereocenters. The van der Waals surface area contributed by atoms with E-state index in [0.29, 0.717) is 19.6 Å². The molecule has 2 amide bonds. The van der Waals surface area contributed by atoms with Crippen molar-refractivity contribution in [2.75, 3.05) is 24.5 Å². The minimum atomic E-state index is -0.451. The Morgan fingerprint density at radius 2 is 2.15 bits per heavy atom. The Labute approximate surface area is 152 Å². The number of nitrogens with zero attached hydrogens (tertiary/aromatic N) is 5. The molecule has 0 N–H and O–H groups in total. The van der Waals surface area contributed by atoms with Gasteiger partial charge in [0.25, 0.3) is 0 Å². The van der Waals surface area contributed by atoms with Crippen molar-refractivity contribution in [1.82, 2.24) is 19.7 Å². The van der Waals surface area contributed by atoms with E-state index < -0.39 is 5.41 Å². The first kappa shape index (κ1) is 16.8. The molecule has 4 rings (SSSR count). The number of aryl methyl sites for hydroxylation is 1. The zero-order chi connectivity index (χ0) is 18.1. The molecule has 4 heterocycles. The van der Waals surface area contributed by atoms with E-state index in [1.54, 1.807) is 17.1 Å². The van der Waals surface area contributed by atoms with Crippen molar-refractivity contribution in [3.63, 3.8) is 0 Å². The molecule has 26 heavy (non-hydrogen) atoms. The number of rotatable bonds is 3. The van der Waals surface area contributed by atoms with Crippen LogP contribution in [0.3, 0.4) is 0 Å². The lowest BCUT2D eigenvalue weighted by molar-refractivity contribution is -0.138. The largest absolute Gasteiger partial charge is 0.341 e. The maximum atomic E-state index is 13.2. The Morgan fingerprint density at radius 1 is 1.27 bits per heavy atom. The molecule has 7 heteroatoms. The molecule has 1 spiro atoms. The van der Waals surface area contributed by atoms with Crippen molar-refractivity contribution >= 4 is 17.5 Å². The second-order valence-corrected chi connectivity index (χ2v) is 7.27. The van der Waals surface area contributed by atoms with Crippen molar-refractivity contribution in [2.24, 2.45) is 12.5 Å². The third kappa shape index (κ3) is 2.98. The fourth-order valence-electron chi connectivity index (χ4n) is 4.13. The number of piperidine rings is 1. The summed E-state index contributed by atoms with van der Waals surface area (Å²) in [5.41, 5.74) is 1.16. The quantitative estimate of drug-likeness (QED) is 0.836. The fraction of sp³-hybridized carbons (Fsp3) is 0.474. The number of carbonyl (C=O) groups excluding carboxylic acids is 2. The van der Waals surface area contributed by atoms with Gasteiger partial charge in [0, 0.05) is 39.1 Å². The number of hydrogen-bond acceptors (Lipinski definition) is 4. The summed E-state index contributed by atoms with van der Waals surface area (Å²) in [6.07, 6.45) is 8.05. The number of carbonyl (C=O) groups is 2. The first-order valence-corrected chi connectivity index (χ1v) is 9.06. The van der Waals surface area contributed by atoms with Gasteiger partial charge in [0.15, 0.2) is 0 Å². The molecule has 2 aliphatic rings. The van der Waals surface area contributed by atoms with E-state index in [2.05, 4.69) is 10.1 Å². The average Bonchev–Trinajstić information content (AvgIpc) is 3.20. The van der Waals surface area contributed by atoms with Gasteiger partial charge in [-0.05, 0) is 37.5 Å². The minimum absolute atomic E-state index is 0.0513. The Kier molecular flexibility index (Phi) is 4.22. The molecule has 0 aliphatic carbocycles. The Bertz CT molecular complexity index is 818. The summed E-state index contributed by atoms with van der Waals surface area (Å²) in [6.45, 7) is 1.91. The van der Waals surface area contributed by atoms with Crippen LogP contribution in [-0.4, -0.2) is 51.1 Å². The van der Waals surface area contributed by atoms with E-state index in [1.165, 1.54) is 0 Å². The number of anilines is 1. The molecule has 2 aromatic rings. The van der Waals surface area contributed by atoms with Gasteiger partial charge in [0.2, 0.25) is 11.8 Å². The minimum Gasteiger partial charge on any atom is -0.341 e. The van der Waals surface area contributed by atoms with Crippen LogP contribution in [0.5, 0.6) is 0 Å². The van der Waals surface area contributed by atoms with Crippen molar-refractivity contribution < 1.29 is 9.59 Å². The lowest BCUT2D eigenvalue weighted by atomic mass is 9.78. The molecule has 2 saturated heterocycles. The first-order valence-electron chi connectivity index (χ1n) is 9.06. The Balaban J connectivity index is 1.48. The van der Waals surface area contributed by atoms with Crippen LogP contribution in [0.1, 0.15) is 25.0 Å². The summed E-state index contributed by atoms with van der Waals surface area (Å²) in [4.78, 5) is 33.7. The zero-order valence-electron chi connectivity index (χ0n) is 15.0. The SMILES string of the molecule is Cn1ccc(CC(=O)N2CCCC3(CCN(c4cccnc4)C3=O)C2)n1. The van der Waals surface area contributed by atoms with Gasteiger partial charge in [-0.25, -0.2) is 0 Å². The topological polar surface area (TPSA) is 71.3 Å². The van der Waals surface area contributed by atoms with Crippen LogP contribution < -0.4 is 4.90 Å². The fourth-order valence-corrected chi connectivity index (χ4v) is 4.13. The van der Waals surface area contributed by atoms with E-state index in [1.807, 2.05) is 41.2 Å². The molecule has 2 aromatic heterocycles. The highest BCUT2D eigenvalue weighted by Gasteiger charge is 2.50. The highest BCUT2D eigenvalue weighted by molar-refractivity contribution is 6.00. The highest BCUT2D eigenvalue weighted by Crippen LogP contribution is 2.41. The second-order valence-electron chi connectivity index (χ2n) is 7.27. The van der Waals surface area contributed by atoms with Crippen molar-refractivity contribution in [3.8, 4) is 0 Å². The van der Waals surface area contributed by atoms with Crippen LogP contribution in [-0.2, 0) is 23.1 Å². The number of aromatic nitrogens is 3. The van der Waals surface area contributed by atoms with E-state index in [0.717, 1.165) is 30.6 Å². The predicted octanol–water partition coefficient (Wildman–Crippen LogP) is 1.40. The third-order valence-electron chi connectivity index (χ3n) is 5.50. The van der Waals surface area contributed by atoms with Gasteiger partial charge in [-0.1, -0.05) is 0 Å². The summed E-state index contributed by atoms with van der Waals surface area (Å²) in [5, 5.41) is 4.29. The molecule has 2 fully saturated rings.